The highest BCUT2D eigenvalue weighted by Gasteiger charge is 2.38. The minimum atomic E-state index is -0.927. The third kappa shape index (κ3) is 3.52. The first-order valence-corrected chi connectivity index (χ1v) is 7.83. The van der Waals surface area contributed by atoms with Crippen molar-refractivity contribution in [1.29, 1.82) is 0 Å². The van der Waals surface area contributed by atoms with Gasteiger partial charge in [0.05, 0.1) is 23.1 Å². The molecule has 1 aromatic heterocycles. The lowest BCUT2D eigenvalue weighted by Gasteiger charge is -2.33. The van der Waals surface area contributed by atoms with Crippen molar-refractivity contribution in [3.63, 3.8) is 0 Å². The van der Waals surface area contributed by atoms with Crippen molar-refractivity contribution in [1.82, 2.24) is 14.7 Å². The molecule has 0 bridgehead atoms. The van der Waals surface area contributed by atoms with Crippen molar-refractivity contribution < 1.29 is 14.8 Å². The standard InChI is InChI=1S/C15H24N4O4/c1-10-14(19(22)23)11(2)18(16-10)9-7-13(20)17-8-5-6-12(17)15(3,4)21/h12,21H,5-9H2,1-4H3. The van der Waals surface area contributed by atoms with Gasteiger partial charge in [-0.15, -0.1) is 0 Å². The van der Waals surface area contributed by atoms with Gasteiger partial charge in [-0.1, -0.05) is 0 Å². The molecule has 0 aromatic carbocycles. The van der Waals surface area contributed by atoms with Crippen molar-refractivity contribution in [3.05, 3.63) is 21.5 Å². The number of amides is 1. The summed E-state index contributed by atoms with van der Waals surface area (Å²) in [6, 6.07) is -0.176. The maximum Gasteiger partial charge on any atom is 0.312 e. The molecule has 1 amide bonds. The Morgan fingerprint density at radius 2 is 2.13 bits per heavy atom. The maximum absolute atomic E-state index is 12.5. The van der Waals surface area contributed by atoms with Gasteiger partial charge in [0.1, 0.15) is 11.4 Å². The number of hydrogen-bond acceptors (Lipinski definition) is 5. The van der Waals surface area contributed by atoms with Gasteiger partial charge >= 0.3 is 5.69 Å². The number of aliphatic hydroxyl groups is 1. The quantitative estimate of drug-likeness (QED) is 0.654. The van der Waals surface area contributed by atoms with Crippen molar-refractivity contribution in [2.75, 3.05) is 6.54 Å². The molecule has 2 heterocycles. The highest BCUT2D eigenvalue weighted by Crippen LogP contribution is 2.27. The molecule has 128 valence electrons. The number of likely N-dealkylation sites (tertiary alicyclic amines) is 1. The lowest BCUT2D eigenvalue weighted by molar-refractivity contribution is -0.386. The second kappa shape index (κ2) is 6.27. The fourth-order valence-corrected chi connectivity index (χ4v) is 3.31. The molecule has 0 aliphatic carbocycles. The summed E-state index contributed by atoms with van der Waals surface area (Å²) in [6.07, 6.45) is 1.89. The molecule has 1 aromatic rings. The zero-order valence-corrected chi connectivity index (χ0v) is 14.1. The van der Waals surface area contributed by atoms with Crippen LogP contribution in [0.5, 0.6) is 0 Å². The van der Waals surface area contributed by atoms with Gasteiger partial charge in [-0.05, 0) is 40.5 Å². The van der Waals surface area contributed by atoms with E-state index in [1.54, 1.807) is 32.6 Å². The molecule has 1 aliphatic heterocycles. The van der Waals surface area contributed by atoms with E-state index in [9.17, 15) is 20.0 Å². The number of carbonyl (C=O) groups is 1. The summed E-state index contributed by atoms with van der Waals surface area (Å²) in [5.41, 5.74) is -0.104. The Hall–Kier alpha value is -1.96. The van der Waals surface area contributed by atoms with Crippen molar-refractivity contribution >= 4 is 11.6 Å². The summed E-state index contributed by atoms with van der Waals surface area (Å²) in [5.74, 6) is -0.0511. The molecule has 1 aliphatic rings. The summed E-state index contributed by atoms with van der Waals surface area (Å²) >= 11 is 0. The van der Waals surface area contributed by atoms with Gasteiger partial charge in [-0.3, -0.25) is 19.6 Å². The Bertz CT molecular complexity index is 618. The molecule has 23 heavy (non-hydrogen) atoms. The zero-order valence-electron chi connectivity index (χ0n) is 14.1. The van der Waals surface area contributed by atoms with E-state index in [-0.39, 0.29) is 24.1 Å². The van der Waals surface area contributed by atoms with Crippen molar-refractivity contribution in [2.24, 2.45) is 0 Å². The summed E-state index contributed by atoms with van der Waals surface area (Å²) in [6.45, 7) is 7.60. The van der Waals surface area contributed by atoms with Crippen LogP contribution in [0.1, 0.15) is 44.5 Å². The molecule has 2 rings (SSSR count). The Labute approximate surface area is 135 Å². The third-order valence-corrected chi connectivity index (χ3v) is 4.45. The Balaban J connectivity index is 2.05. The largest absolute Gasteiger partial charge is 0.388 e. The molecular weight excluding hydrogens is 300 g/mol. The predicted octanol–water partition coefficient (Wildman–Crippen LogP) is 1.56. The van der Waals surface area contributed by atoms with Crippen LogP contribution in [0, 0.1) is 24.0 Å². The van der Waals surface area contributed by atoms with E-state index in [2.05, 4.69) is 5.10 Å². The first-order chi connectivity index (χ1) is 10.6. The minimum Gasteiger partial charge on any atom is -0.388 e. The number of nitro groups is 1. The second-order valence-corrected chi connectivity index (χ2v) is 6.65. The highest BCUT2D eigenvalue weighted by molar-refractivity contribution is 5.77. The van der Waals surface area contributed by atoms with Gasteiger partial charge in [0.25, 0.3) is 0 Å². The van der Waals surface area contributed by atoms with Gasteiger partial charge in [0.2, 0.25) is 5.91 Å². The Morgan fingerprint density at radius 3 is 2.65 bits per heavy atom. The SMILES string of the molecule is Cc1nn(CCC(=O)N2CCCC2C(C)(C)O)c(C)c1[N+](=O)[O-]. The summed E-state index contributed by atoms with van der Waals surface area (Å²) in [4.78, 5) is 24.7. The molecule has 1 atom stereocenters. The van der Waals surface area contributed by atoms with Gasteiger partial charge < -0.3 is 10.0 Å². The van der Waals surface area contributed by atoms with Crippen LogP contribution in [0.3, 0.4) is 0 Å². The normalized spacial score (nSPS) is 18.5. The van der Waals surface area contributed by atoms with Crippen LogP contribution >= 0.6 is 0 Å². The molecule has 0 saturated carbocycles. The molecular formula is C15H24N4O4. The topological polar surface area (TPSA) is 102 Å². The van der Waals surface area contributed by atoms with E-state index in [1.807, 2.05) is 0 Å². The van der Waals surface area contributed by atoms with Gasteiger partial charge in [0, 0.05) is 13.0 Å². The predicted molar refractivity (Wildman–Crippen MR) is 84.0 cm³/mol. The van der Waals surface area contributed by atoms with Crippen LogP contribution < -0.4 is 0 Å². The first kappa shape index (κ1) is 17.4. The lowest BCUT2D eigenvalue weighted by atomic mass is 9.96. The summed E-state index contributed by atoms with van der Waals surface area (Å²) in [5, 5.41) is 25.3. The number of rotatable bonds is 5. The van der Waals surface area contributed by atoms with Crippen molar-refractivity contribution in [2.45, 2.75) is 65.1 Å². The van der Waals surface area contributed by atoms with E-state index in [0.717, 1.165) is 12.8 Å². The molecule has 1 saturated heterocycles. The third-order valence-electron chi connectivity index (χ3n) is 4.45. The summed E-state index contributed by atoms with van der Waals surface area (Å²) < 4.78 is 1.51. The lowest BCUT2D eigenvalue weighted by Crippen LogP contribution is -2.48. The van der Waals surface area contributed by atoms with E-state index >= 15 is 0 Å². The smallest absolute Gasteiger partial charge is 0.312 e. The molecule has 8 heteroatoms. The number of carbonyl (C=O) groups excluding carboxylic acids is 1. The van der Waals surface area contributed by atoms with Crippen LogP contribution in [0.25, 0.3) is 0 Å². The van der Waals surface area contributed by atoms with E-state index < -0.39 is 10.5 Å². The molecule has 8 nitrogen and oxygen atoms in total. The minimum absolute atomic E-state index is 0.00740. The van der Waals surface area contributed by atoms with Crippen LogP contribution in [0.15, 0.2) is 0 Å². The van der Waals surface area contributed by atoms with Crippen LogP contribution in [-0.4, -0.2) is 48.8 Å². The van der Waals surface area contributed by atoms with Gasteiger partial charge in [0.15, 0.2) is 0 Å². The van der Waals surface area contributed by atoms with Gasteiger partial charge in [-0.2, -0.15) is 5.10 Å². The summed E-state index contributed by atoms with van der Waals surface area (Å²) in [7, 11) is 0. The maximum atomic E-state index is 12.5. The number of nitrogens with zero attached hydrogens (tertiary/aromatic N) is 4. The average molecular weight is 324 g/mol. The molecule has 0 spiro atoms. The fraction of sp³-hybridized carbons (Fsp3) is 0.733. The number of aryl methyl sites for hydroxylation is 2. The second-order valence-electron chi connectivity index (χ2n) is 6.65. The van der Waals surface area contributed by atoms with Crippen LogP contribution in [0.4, 0.5) is 5.69 Å². The van der Waals surface area contributed by atoms with Gasteiger partial charge in [-0.25, -0.2) is 0 Å². The molecule has 1 N–H and O–H groups in total. The van der Waals surface area contributed by atoms with Crippen LogP contribution in [0.2, 0.25) is 0 Å². The Kier molecular flexibility index (Phi) is 4.74. The molecule has 1 unspecified atom stereocenters. The Morgan fingerprint density at radius 1 is 1.48 bits per heavy atom. The molecule has 1 fully saturated rings. The first-order valence-electron chi connectivity index (χ1n) is 7.83. The van der Waals surface area contributed by atoms with Crippen molar-refractivity contribution in [3.8, 4) is 0 Å². The fourth-order valence-electron chi connectivity index (χ4n) is 3.31. The number of aromatic nitrogens is 2. The van der Waals surface area contributed by atoms with E-state index in [1.165, 1.54) is 4.68 Å². The van der Waals surface area contributed by atoms with Crippen LogP contribution in [-0.2, 0) is 11.3 Å². The monoisotopic (exact) mass is 324 g/mol. The molecule has 0 radical (unpaired) electrons. The zero-order chi connectivity index (χ0) is 17.4. The number of hydrogen-bond donors (Lipinski definition) is 1. The highest BCUT2D eigenvalue weighted by atomic mass is 16.6. The average Bonchev–Trinajstić information content (AvgIpc) is 3.00. The van der Waals surface area contributed by atoms with E-state index in [4.69, 9.17) is 0 Å². The van der Waals surface area contributed by atoms with E-state index in [0.29, 0.717) is 24.5 Å².